The van der Waals surface area contributed by atoms with Gasteiger partial charge in [-0.25, -0.2) is 4.79 Å². The largest absolute Gasteiger partial charge is 0.508 e. The monoisotopic (exact) mass is 188 g/mol. The SMILES string of the molecule is O=C(O)c1cc(O)cc2ccccc12. The lowest BCUT2D eigenvalue weighted by Gasteiger charge is -2.02. The Hall–Kier alpha value is -2.03. The summed E-state index contributed by atoms with van der Waals surface area (Å²) in [5, 5.41) is 19.6. The molecule has 0 aliphatic carbocycles. The van der Waals surface area contributed by atoms with Crippen molar-refractivity contribution < 1.29 is 15.0 Å². The van der Waals surface area contributed by atoms with Crippen LogP contribution < -0.4 is 0 Å². The fourth-order valence-electron chi connectivity index (χ4n) is 1.47. The van der Waals surface area contributed by atoms with Crippen molar-refractivity contribution in [3.8, 4) is 5.75 Å². The number of carboxylic acid groups (broad SMARTS) is 1. The molecule has 0 spiro atoms. The molecule has 0 unspecified atom stereocenters. The summed E-state index contributed by atoms with van der Waals surface area (Å²) in [6, 6.07) is 9.85. The molecule has 14 heavy (non-hydrogen) atoms. The average molecular weight is 188 g/mol. The molecular weight excluding hydrogens is 180 g/mol. The number of hydrogen-bond donors (Lipinski definition) is 2. The summed E-state index contributed by atoms with van der Waals surface area (Å²) in [5.74, 6) is -1.06. The van der Waals surface area contributed by atoms with E-state index >= 15 is 0 Å². The first-order valence-electron chi connectivity index (χ1n) is 4.13. The maximum atomic E-state index is 10.9. The Kier molecular flexibility index (Phi) is 1.85. The van der Waals surface area contributed by atoms with Gasteiger partial charge in [-0.3, -0.25) is 0 Å². The highest BCUT2D eigenvalue weighted by Gasteiger charge is 2.09. The van der Waals surface area contributed by atoms with E-state index in [4.69, 9.17) is 5.11 Å². The second-order valence-electron chi connectivity index (χ2n) is 3.02. The number of rotatable bonds is 1. The van der Waals surface area contributed by atoms with Crippen molar-refractivity contribution >= 4 is 16.7 Å². The van der Waals surface area contributed by atoms with Gasteiger partial charge < -0.3 is 10.2 Å². The van der Waals surface area contributed by atoms with Gasteiger partial charge in [0, 0.05) is 0 Å². The summed E-state index contributed by atoms with van der Waals surface area (Å²) in [5.41, 5.74) is 0.126. The van der Waals surface area contributed by atoms with E-state index < -0.39 is 5.97 Å². The molecule has 0 heterocycles. The molecule has 70 valence electrons. The first kappa shape index (κ1) is 8.56. The third kappa shape index (κ3) is 1.29. The van der Waals surface area contributed by atoms with Crippen LogP contribution in [0.2, 0.25) is 0 Å². The molecule has 0 aliphatic rings. The Morgan fingerprint density at radius 3 is 2.57 bits per heavy atom. The lowest BCUT2D eigenvalue weighted by molar-refractivity contribution is 0.0698. The summed E-state index contributed by atoms with van der Waals surface area (Å²) in [6.07, 6.45) is 0. The lowest BCUT2D eigenvalue weighted by atomic mass is 10.0. The predicted octanol–water partition coefficient (Wildman–Crippen LogP) is 2.24. The number of phenols is 1. The molecule has 0 bridgehead atoms. The topological polar surface area (TPSA) is 57.5 Å². The van der Waals surface area contributed by atoms with Crippen molar-refractivity contribution in [3.63, 3.8) is 0 Å². The Labute approximate surface area is 80.2 Å². The van der Waals surface area contributed by atoms with Crippen molar-refractivity contribution in [2.24, 2.45) is 0 Å². The highest BCUT2D eigenvalue weighted by atomic mass is 16.4. The van der Waals surface area contributed by atoms with E-state index in [-0.39, 0.29) is 11.3 Å². The van der Waals surface area contributed by atoms with Gasteiger partial charge in [-0.05, 0) is 22.9 Å². The molecular formula is C11H8O3. The van der Waals surface area contributed by atoms with Crippen LogP contribution in [0.4, 0.5) is 0 Å². The zero-order chi connectivity index (χ0) is 10.1. The van der Waals surface area contributed by atoms with Crippen LogP contribution in [0.25, 0.3) is 10.8 Å². The van der Waals surface area contributed by atoms with Gasteiger partial charge in [-0.1, -0.05) is 24.3 Å². The van der Waals surface area contributed by atoms with Gasteiger partial charge in [-0.15, -0.1) is 0 Å². The number of hydrogen-bond acceptors (Lipinski definition) is 2. The number of fused-ring (bicyclic) bond motifs is 1. The quantitative estimate of drug-likeness (QED) is 0.721. The molecule has 2 aromatic carbocycles. The van der Waals surface area contributed by atoms with Crippen molar-refractivity contribution in [1.29, 1.82) is 0 Å². The van der Waals surface area contributed by atoms with Crippen LogP contribution in [-0.2, 0) is 0 Å². The predicted molar refractivity (Wildman–Crippen MR) is 52.6 cm³/mol. The average Bonchev–Trinajstić information content (AvgIpc) is 2.16. The number of aromatic carboxylic acids is 1. The minimum Gasteiger partial charge on any atom is -0.508 e. The van der Waals surface area contributed by atoms with Crippen LogP contribution >= 0.6 is 0 Å². The summed E-state index contributed by atoms with van der Waals surface area (Å²) >= 11 is 0. The van der Waals surface area contributed by atoms with E-state index in [9.17, 15) is 9.90 Å². The number of carboxylic acids is 1. The zero-order valence-corrected chi connectivity index (χ0v) is 7.27. The molecule has 2 N–H and O–H groups in total. The lowest BCUT2D eigenvalue weighted by Crippen LogP contribution is -1.96. The van der Waals surface area contributed by atoms with Gasteiger partial charge in [0.25, 0.3) is 0 Å². The molecule has 0 saturated heterocycles. The van der Waals surface area contributed by atoms with Crippen molar-refractivity contribution in [2.75, 3.05) is 0 Å². The molecule has 0 saturated carbocycles. The highest BCUT2D eigenvalue weighted by Crippen LogP contribution is 2.24. The van der Waals surface area contributed by atoms with Gasteiger partial charge in [-0.2, -0.15) is 0 Å². The van der Waals surface area contributed by atoms with E-state index in [1.54, 1.807) is 30.3 Å². The van der Waals surface area contributed by atoms with E-state index in [2.05, 4.69) is 0 Å². The van der Waals surface area contributed by atoms with Gasteiger partial charge in [0.2, 0.25) is 0 Å². The second kappa shape index (κ2) is 3.03. The Balaban J connectivity index is 2.87. The molecule has 3 heteroatoms. The van der Waals surface area contributed by atoms with E-state index in [1.165, 1.54) is 6.07 Å². The Bertz CT molecular complexity index is 503. The fraction of sp³-hybridized carbons (Fsp3) is 0. The van der Waals surface area contributed by atoms with Crippen LogP contribution in [0.3, 0.4) is 0 Å². The number of aromatic hydroxyl groups is 1. The maximum Gasteiger partial charge on any atom is 0.336 e. The van der Waals surface area contributed by atoms with Crippen LogP contribution in [0.15, 0.2) is 36.4 Å². The molecule has 2 aromatic rings. The van der Waals surface area contributed by atoms with Crippen molar-refractivity contribution in [2.45, 2.75) is 0 Å². The van der Waals surface area contributed by atoms with Gasteiger partial charge in [0.05, 0.1) is 5.56 Å². The Morgan fingerprint density at radius 1 is 1.14 bits per heavy atom. The third-order valence-electron chi connectivity index (χ3n) is 2.08. The van der Waals surface area contributed by atoms with Crippen molar-refractivity contribution in [1.82, 2.24) is 0 Å². The van der Waals surface area contributed by atoms with E-state index in [1.807, 2.05) is 0 Å². The summed E-state index contributed by atoms with van der Waals surface area (Å²) < 4.78 is 0. The standard InChI is InChI=1S/C11H8O3/c12-8-5-7-3-1-2-4-9(7)10(6-8)11(13)14/h1-6,12H,(H,13,14). The zero-order valence-electron chi connectivity index (χ0n) is 7.27. The summed E-state index contributed by atoms with van der Waals surface area (Å²) in [6.45, 7) is 0. The first-order valence-corrected chi connectivity index (χ1v) is 4.13. The van der Waals surface area contributed by atoms with Gasteiger partial charge >= 0.3 is 5.97 Å². The smallest absolute Gasteiger partial charge is 0.336 e. The molecule has 0 aliphatic heterocycles. The minimum atomic E-state index is -1.03. The molecule has 0 fully saturated rings. The van der Waals surface area contributed by atoms with E-state index in [0.717, 1.165) is 5.39 Å². The number of phenolic OH excluding ortho intramolecular Hbond substituents is 1. The maximum absolute atomic E-state index is 10.9. The summed E-state index contributed by atoms with van der Waals surface area (Å²) in [4.78, 5) is 10.9. The highest BCUT2D eigenvalue weighted by molar-refractivity contribution is 6.04. The van der Waals surface area contributed by atoms with Crippen LogP contribution in [-0.4, -0.2) is 16.2 Å². The normalized spacial score (nSPS) is 10.3. The molecule has 0 amide bonds. The Morgan fingerprint density at radius 2 is 1.86 bits per heavy atom. The van der Waals surface area contributed by atoms with Gasteiger partial charge in [0.1, 0.15) is 5.75 Å². The molecule has 0 aromatic heterocycles. The molecule has 2 rings (SSSR count). The van der Waals surface area contributed by atoms with Gasteiger partial charge in [0.15, 0.2) is 0 Å². The van der Waals surface area contributed by atoms with Crippen molar-refractivity contribution in [3.05, 3.63) is 42.0 Å². The van der Waals surface area contributed by atoms with E-state index in [0.29, 0.717) is 5.39 Å². The van der Waals surface area contributed by atoms with Crippen LogP contribution in [0.1, 0.15) is 10.4 Å². The fourth-order valence-corrected chi connectivity index (χ4v) is 1.47. The number of benzene rings is 2. The molecule has 0 atom stereocenters. The molecule has 3 nitrogen and oxygen atoms in total. The third-order valence-corrected chi connectivity index (χ3v) is 2.08. The summed E-state index contributed by atoms with van der Waals surface area (Å²) in [7, 11) is 0. The van der Waals surface area contributed by atoms with Crippen LogP contribution in [0, 0.1) is 0 Å². The number of carbonyl (C=O) groups is 1. The first-order chi connectivity index (χ1) is 6.68. The minimum absolute atomic E-state index is 0.0268. The molecule has 0 radical (unpaired) electrons. The second-order valence-corrected chi connectivity index (χ2v) is 3.02. The van der Waals surface area contributed by atoms with Crippen LogP contribution in [0.5, 0.6) is 5.75 Å².